The SMILES string of the molecule is FC(F)(F)C(F)(F)C(F)(F)C(F)(F)C(F)(F)C(F)(F)C(F)(F)C(F)(F)C(F)(COCC1CO1)COCC1CO1. The van der Waals surface area contributed by atoms with Crippen molar-refractivity contribution in [2.75, 3.05) is 39.6 Å². The monoisotopic (exact) mass is 624 g/mol. The van der Waals surface area contributed by atoms with Gasteiger partial charge in [0.2, 0.25) is 5.67 Å². The Bertz CT molecular complexity index is 846. The number of rotatable bonds is 15. The van der Waals surface area contributed by atoms with Crippen molar-refractivity contribution < 1.29 is 98.0 Å². The van der Waals surface area contributed by atoms with E-state index in [4.69, 9.17) is 0 Å². The Kier molecular flexibility index (Phi) is 8.53. The van der Waals surface area contributed by atoms with Crippen molar-refractivity contribution in [3.63, 3.8) is 0 Å². The van der Waals surface area contributed by atoms with Crippen LogP contribution in [0.1, 0.15) is 0 Å². The molecule has 0 amide bonds. The maximum absolute atomic E-state index is 15.1. The van der Waals surface area contributed by atoms with Gasteiger partial charge in [-0.05, 0) is 0 Å². The predicted octanol–water partition coefficient (Wildman–Crippen LogP) is 5.53. The molecule has 2 heterocycles. The Hall–Kier alpha value is -1.42. The van der Waals surface area contributed by atoms with E-state index < -0.39 is 91.9 Å². The summed E-state index contributed by atoms with van der Waals surface area (Å²) in [6.07, 6.45) is -9.77. The lowest BCUT2D eigenvalue weighted by Crippen LogP contribution is -2.76. The van der Waals surface area contributed by atoms with Crippen LogP contribution in [0.2, 0.25) is 0 Å². The molecule has 2 fully saturated rings. The average Bonchev–Trinajstić information content (AvgIpc) is 3.68. The molecular formula is C17H14F18O4. The minimum absolute atomic E-state index is 0.155. The second kappa shape index (κ2) is 9.85. The van der Waals surface area contributed by atoms with E-state index in [1.807, 2.05) is 0 Å². The maximum atomic E-state index is 15.1. The van der Waals surface area contributed by atoms with Crippen LogP contribution < -0.4 is 0 Å². The third-order valence-corrected chi connectivity index (χ3v) is 5.36. The average molecular weight is 624 g/mol. The topological polar surface area (TPSA) is 43.5 Å². The van der Waals surface area contributed by atoms with Gasteiger partial charge in [-0.1, -0.05) is 0 Å². The highest BCUT2D eigenvalue weighted by molar-refractivity contribution is 5.18. The molecule has 0 spiro atoms. The summed E-state index contributed by atoms with van der Waals surface area (Å²) in [5, 5.41) is 0. The summed E-state index contributed by atoms with van der Waals surface area (Å²) in [6.45, 7) is -6.97. The van der Waals surface area contributed by atoms with Crippen molar-refractivity contribution in [2.24, 2.45) is 0 Å². The minimum atomic E-state index is -8.81. The molecular weight excluding hydrogens is 610 g/mol. The van der Waals surface area contributed by atoms with Gasteiger partial charge in [0, 0.05) is 0 Å². The summed E-state index contributed by atoms with van der Waals surface area (Å²) in [6, 6.07) is 0. The fourth-order valence-corrected chi connectivity index (χ4v) is 2.70. The lowest BCUT2D eigenvalue weighted by atomic mass is 9.84. The summed E-state index contributed by atoms with van der Waals surface area (Å²) >= 11 is 0. The summed E-state index contributed by atoms with van der Waals surface area (Å²) in [5.41, 5.74) is -5.35. The Morgan fingerprint density at radius 3 is 0.949 bits per heavy atom. The van der Waals surface area contributed by atoms with Crippen LogP contribution in [-0.2, 0) is 18.9 Å². The Balaban J connectivity index is 2.50. The standard InChI is InChI=1S/C17H14F18O4/c18-9(5-36-1-7-3-38-7,6-37-2-8-4-39-8)10(19,20)11(21,22)12(23,24)13(25,26)14(27,28)15(29,30)16(31,32)17(33,34)35/h7-8H,1-6H2. The molecule has 2 aliphatic rings. The quantitative estimate of drug-likeness (QED) is 0.178. The fraction of sp³-hybridized carbons (Fsp3) is 1.00. The summed E-state index contributed by atoms with van der Waals surface area (Å²) in [5.74, 6) is -58.7. The van der Waals surface area contributed by atoms with Crippen LogP contribution in [0.25, 0.3) is 0 Å². The van der Waals surface area contributed by atoms with Gasteiger partial charge in [-0.3, -0.25) is 0 Å². The first-order valence-electron chi connectivity index (χ1n) is 9.95. The molecule has 0 N–H and O–H groups in total. The molecule has 2 rings (SSSR count). The smallest absolute Gasteiger partial charge is 0.375 e. The van der Waals surface area contributed by atoms with Crippen LogP contribution >= 0.6 is 0 Å². The number of hydrogen-bond acceptors (Lipinski definition) is 4. The molecule has 4 nitrogen and oxygen atoms in total. The van der Waals surface area contributed by atoms with Gasteiger partial charge in [0.15, 0.2) is 0 Å². The molecule has 22 heteroatoms. The third-order valence-electron chi connectivity index (χ3n) is 5.36. The highest BCUT2D eigenvalue weighted by Crippen LogP contribution is 2.65. The van der Waals surface area contributed by atoms with Crippen LogP contribution in [0, 0.1) is 0 Å². The van der Waals surface area contributed by atoms with Crippen molar-refractivity contribution >= 4 is 0 Å². The Labute approximate surface area is 204 Å². The molecule has 0 radical (unpaired) electrons. The largest absolute Gasteiger partial charge is 0.460 e. The number of halogens is 18. The van der Waals surface area contributed by atoms with E-state index in [0.717, 1.165) is 0 Å². The van der Waals surface area contributed by atoms with Gasteiger partial charge in [0.1, 0.15) is 12.2 Å². The van der Waals surface area contributed by atoms with E-state index in [9.17, 15) is 74.6 Å². The molecule has 0 aromatic rings. The zero-order valence-corrected chi connectivity index (χ0v) is 18.3. The Morgan fingerprint density at radius 2 is 0.692 bits per heavy atom. The zero-order chi connectivity index (χ0) is 30.7. The molecule has 39 heavy (non-hydrogen) atoms. The second-order valence-electron chi connectivity index (χ2n) is 8.42. The van der Waals surface area contributed by atoms with E-state index in [0.29, 0.717) is 0 Å². The Morgan fingerprint density at radius 1 is 0.436 bits per heavy atom. The fourth-order valence-electron chi connectivity index (χ4n) is 2.70. The molecule has 2 aliphatic heterocycles. The van der Waals surface area contributed by atoms with Crippen LogP contribution in [0.5, 0.6) is 0 Å². The summed E-state index contributed by atoms with van der Waals surface area (Å²) < 4.78 is 262. The van der Waals surface area contributed by atoms with Crippen LogP contribution in [0.15, 0.2) is 0 Å². The molecule has 0 aliphatic carbocycles. The first kappa shape index (κ1) is 33.8. The molecule has 232 valence electrons. The first-order valence-corrected chi connectivity index (χ1v) is 9.95. The molecule has 2 saturated heterocycles. The van der Waals surface area contributed by atoms with Crippen molar-refractivity contribution in [1.82, 2.24) is 0 Å². The molecule has 2 atom stereocenters. The van der Waals surface area contributed by atoms with Crippen molar-refractivity contribution in [3.05, 3.63) is 0 Å². The molecule has 0 bridgehead atoms. The van der Waals surface area contributed by atoms with E-state index in [2.05, 4.69) is 18.9 Å². The molecule has 0 aromatic carbocycles. The lowest BCUT2D eigenvalue weighted by Gasteiger charge is -2.45. The van der Waals surface area contributed by atoms with Gasteiger partial charge in [-0.2, -0.15) is 74.6 Å². The molecule has 0 saturated carbocycles. The van der Waals surface area contributed by atoms with Gasteiger partial charge < -0.3 is 18.9 Å². The second-order valence-corrected chi connectivity index (χ2v) is 8.42. The van der Waals surface area contributed by atoms with Crippen LogP contribution in [0.4, 0.5) is 79.0 Å². The van der Waals surface area contributed by atoms with E-state index in [-0.39, 0.29) is 13.2 Å². The zero-order valence-electron chi connectivity index (χ0n) is 18.3. The highest BCUT2D eigenvalue weighted by Gasteiger charge is 2.96. The first-order chi connectivity index (χ1) is 17.2. The van der Waals surface area contributed by atoms with Crippen LogP contribution in [-0.4, -0.2) is 105 Å². The van der Waals surface area contributed by atoms with Crippen molar-refractivity contribution in [1.29, 1.82) is 0 Å². The minimum Gasteiger partial charge on any atom is -0.375 e. The number of hydrogen-bond donors (Lipinski definition) is 0. The third kappa shape index (κ3) is 5.33. The highest BCUT2D eigenvalue weighted by atomic mass is 19.4. The van der Waals surface area contributed by atoms with E-state index in [1.165, 1.54) is 0 Å². The molecule has 2 unspecified atom stereocenters. The van der Waals surface area contributed by atoms with E-state index >= 15 is 4.39 Å². The number of epoxide rings is 2. The van der Waals surface area contributed by atoms with Crippen LogP contribution in [0.3, 0.4) is 0 Å². The molecule has 0 aromatic heterocycles. The normalized spacial score (nSPS) is 23.5. The van der Waals surface area contributed by atoms with Gasteiger partial charge in [0.25, 0.3) is 0 Å². The van der Waals surface area contributed by atoms with Gasteiger partial charge in [-0.15, -0.1) is 0 Å². The lowest BCUT2D eigenvalue weighted by molar-refractivity contribution is -0.466. The van der Waals surface area contributed by atoms with Gasteiger partial charge in [-0.25, -0.2) is 4.39 Å². The predicted molar refractivity (Wildman–Crippen MR) is 85.6 cm³/mol. The maximum Gasteiger partial charge on any atom is 0.460 e. The van der Waals surface area contributed by atoms with E-state index in [1.54, 1.807) is 0 Å². The number of alkyl halides is 18. The summed E-state index contributed by atoms with van der Waals surface area (Å²) in [4.78, 5) is 0. The van der Waals surface area contributed by atoms with Gasteiger partial charge in [0.05, 0.1) is 39.6 Å². The summed E-state index contributed by atoms with van der Waals surface area (Å²) in [7, 11) is 0. The van der Waals surface area contributed by atoms with Crippen molar-refractivity contribution in [2.45, 2.75) is 65.5 Å². The van der Waals surface area contributed by atoms with Crippen molar-refractivity contribution in [3.8, 4) is 0 Å². The number of ether oxygens (including phenoxy) is 4. The van der Waals surface area contributed by atoms with Gasteiger partial charge >= 0.3 is 47.6 Å².